The van der Waals surface area contributed by atoms with Crippen molar-refractivity contribution in [1.29, 1.82) is 0 Å². The molecule has 0 radical (unpaired) electrons. The number of allylic oxidation sites excluding steroid dienone is 2. The largest absolute Gasteiger partial charge is 0.679 e. The van der Waals surface area contributed by atoms with Crippen molar-refractivity contribution in [3.8, 4) is 23.7 Å². The molecule has 6 rings (SSSR count). The SMILES string of the molecule is CN(C)c1ccc(C#CC2=N/C(=C(/c3ccc(C#Cc4ccc(N(C)C)cc4)n3B(F)F)c3nc4ccccc4n3B(F)F)C=C2)cc1. The molecule has 1 aliphatic heterocycles. The van der Waals surface area contributed by atoms with Crippen LogP contribution in [0.2, 0.25) is 0 Å². The predicted molar refractivity (Wildman–Crippen MR) is 188 cm³/mol. The van der Waals surface area contributed by atoms with E-state index < -0.39 is 14.8 Å². The molecule has 0 spiro atoms. The van der Waals surface area contributed by atoms with Gasteiger partial charge in [-0.3, -0.25) is 17.3 Å². The summed E-state index contributed by atoms with van der Waals surface area (Å²) in [5.41, 5.74) is 4.25. The Labute approximate surface area is 277 Å². The van der Waals surface area contributed by atoms with E-state index in [0.717, 1.165) is 25.9 Å². The van der Waals surface area contributed by atoms with Gasteiger partial charge in [0.1, 0.15) is 11.5 Å². The van der Waals surface area contributed by atoms with E-state index in [2.05, 4.69) is 33.7 Å². The fraction of sp³-hybridized carbons (Fsp3) is 0.111. The van der Waals surface area contributed by atoms with Crippen LogP contribution >= 0.6 is 0 Å². The average Bonchev–Trinajstić information content (AvgIpc) is 3.81. The number of imidazole rings is 1. The molecule has 5 aromatic rings. The molecule has 0 fully saturated rings. The second-order valence-electron chi connectivity index (χ2n) is 11.3. The highest BCUT2D eigenvalue weighted by molar-refractivity contribution is 6.43. The number of fused-ring (bicyclic) bond motifs is 1. The van der Waals surface area contributed by atoms with Crippen LogP contribution in [0.5, 0.6) is 0 Å². The highest BCUT2D eigenvalue weighted by Gasteiger charge is 2.33. The molecule has 0 aliphatic carbocycles. The number of halogens is 4. The van der Waals surface area contributed by atoms with Crippen LogP contribution in [0.3, 0.4) is 0 Å². The van der Waals surface area contributed by atoms with E-state index in [1.54, 1.807) is 42.5 Å². The summed E-state index contributed by atoms with van der Waals surface area (Å²) >= 11 is 0. The van der Waals surface area contributed by atoms with E-state index in [-0.39, 0.29) is 39.5 Å². The number of hydrogen-bond acceptors (Lipinski definition) is 4. The number of anilines is 2. The van der Waals surface area contributed by atoms with Crippen LogP contribution in [0.25, 0.3) is 16.6 Å². The zero-order chi connectivity index (χ0) is 33.9. The number of hydrogen-bond donors (Lipinski definition) is 0. The van der Waals surface area contributed by atoms with E-state index in [4.69, 9.17) is 0 Å². The lowest BCUT2D eigenvalue weighted by Crippen LogP contribution is -2.21. The fourth-order valence-corrected chi connectivity index (χ4v) is 5.27. The summed E-state index contributed by atoms with van der Waals surface area (Å²) in [4.78, 5) is 13.0. The Morgan fingerprint density at radius 3 is 1.81 bits per heavy atom. The molecule has 0 N–H and O–H groups in total. The number of nitrogens with zero attached hydrogens (tertiary/aromatic N) is 6. The molecule has 0 atom stereocenters. The van der Waals surface area contributed by atoms with Gasteiger partial charge < -0.3 is 18.8 Å². The first-order valence-corrected chi connectivity index (χ1v) is 15.0. The maximum absolute atomic E-state index is 14.9. The summed E-state index contributed by atoms with van der Waals surface area (Å²) < 4.78 is 60.7. The smallest absolute Gasteiger partial charge is 0.378 e. The third kappa shape index (κ3) is 6.51. The van der Waals surface area contributed by atoms with Crippen molar-refractivity contribution in [1.82, 2.24) is 13.9 Å². The third-order valence-corrected chi connectivity index (χ3v) is 7.72. The highest BCUT2D eigenvalue weighted by atomic mass is 19.2. The normalized spacial score (nSPS) is 13.0. The molecule has 3 aromatic carbocycles. The summed E-state index contributed by atoms with van der Waals surface area (Å²) in [5, 5.41) is 0. The van der Waals surface area contributed by atoms with E-state index in [1.165, 1.54) is 18.2 Å². The van der Waals surface area contributed by atoms with Gasteiger partial charge in [0.05, 0.1) is 28.0 Å². The Balaban J connectivity index is 1.50. The van der Waals surface area contributed by atoms with Crippen molar-refractivity contribution < 1.29 is 17.3 Å². The molecule has 1 aliphatic rings. The van der Waals surface area contributed by atoms with Crippen molar-refractivity contribution >= 4 is 48.5 Å². The third-order valence-electron chi connectivity index (χ3n) is 7.72. The van der Waals surface area contributed by atoms with Gasteiger partial charge in [-0.25, -0.2) is 9.98 Å². The van der Waals surface area contributed by atoms with Crippen LogP contribution in [-0.2, 0) is 0 Å². The van der Waals surface area contributed by atoms with E-state index in [9.17, 15) is 17.3 Å². The molecular formula is C36H28B2F4N6. The zero-order valence-electron chi connectivity index (χ0n) is 26.6. The van der Waals surface area contributed by atoms with Crippen LogP contribution in [-0.4, -0.2) is 62.6 Å². The van der Waals surface area contributed by atoms with Crippen molar-refractivity contribution in [2.75, 3.05) is 38.0 Å². The molecule has 0 bridgehead atoms. The Kier molecular flexibility index (Phi) is 9.00. The predicted octanol–water partition coefficient (Wildman–Crippen LogP) is 6.74. The lowest BCUT2D eigenvalue weighted by atomic mass is 10.0. The van der Waals surface area contributed by atoms with Gasteiger partial charge in [-0.2, -0.15) is 0 Å². The molecule has 0 saturated heterocycles. The first-order chi connectivity index (χ1) is 23.1. The van der Waals surface area contributed by atoms with Crippen LogP contribution in [0.1, 0.15) is 28.3 Å². The van der Waals surface area contributed by atoms with E-state index in [1.807, 2.05) is 74.4 Å². The zero-order valence-corrected chi connectivity index (χ0v) is 26.6. The van der Waals surface area contributed by atoms with Gasteiger partial charge in [-0.05, 0) is 96.8 Å². The van der Waals surface area contributed by atoms with Gasteiger partial charge >= 0.3 is 14.8 Å². The highest BCUT2D eigenvalue weighted by Crippen LogP contribution is 2.34. The van der Waals surface area contributed by atoms with Gasteiger partial charge in [-0.1, -0.05) is 24.0 Å². The van der Waals surface area contributed by atoms with Crippen LogP contribution in [0.4, 0.5) is 28.6 Å². The minimum Gasteiger partial charge on any atom is -0.378 e. The van der Waals surface area contributed by atoms with Crippen LogP contribution in [0, 0.1) is 23.7 Å². The molecule has 236 valence electrons. The molecule has 0 saturated carbocycles. The number of rotatable bonds is 6. The summed E-state index contributed by atoms with van der Waals surface area (Å²) in [6.45, 7) is 0. The number of benzene rings is 3. The Bertz CT molecular complexity index is 2210. The maximum Gasteiger partial charge on any atom is 0.679 e. The minimum absolute atomic E-state index is 0.00132. The molecule has 3 heterocycles. The van der Waals surface area contributed by atoms with Crippen molar-refractivity contribution in [3.63, 3.8) is 0 Å². The van der Waals surface area contributed by atoms with Crippen molar-refractivity contribution in [3.05, 3.63) is 131 Å². The molecule has 0 unspecified atom stereocenters. The molecular weight excluding hydrogens is 614 g/mol. The van der Waals surface area contributed by atoms with E-state index in [0.29, 0.717) is 11.3 Å². The van der Waals surface area contributed by atoms with E-state index >= 15 is 0 Å². The first-order valence-electron chi connectivity index (χ1n) is 15.0. The molecule has 0 amide bonds. The maximum atomic E-state index is 14.9. The van der Waals surface area contributed by atoms with Crippen molar-refractivity contribution in [2.45, 2.75) is 0 Å². The van der Waals surface area contributed by atoms with Gasteiger partial charge in [0.2, 0.25) is 0 Å². The quantitative estimate of drug-likeness (QED) is 0.117. The Morgan fingerprint density at radius 2 is 1.23 bits per heavy atom. The number of aliphatic imine (C=N–C) groups is 1. The summed E-state index contributed by atoms with van der Waals surface area (Å²) in [7, 11) is 1.65. The lowest BCUT2D eigenvalue weighted by Gasteiger charge is -2.14. The van der Waals surface area contributed by atoms with Crippen LogP contribution in [0.15, 0.2) is 108 Å². The lowest BCUT2D eigenvalue weighted by molar-refractivity contribution is 0.626. The fourth-order valence-electron chi connectivity index (χ4n) is 5.27. The monoisotopic (exact) mass is 642 g/mol. The van der Waals surface area contributed by atoms with Gasteiger partial charge in [0, 0.05) is 56.4 Å². The van der Waals surface area contributed by atoms with Crippen LogP contribution < -0.4 is 9.80 Å². The molecule has 48 heavy (non-hydrogen) atoms. The number of para-hydroxylation sites is 2. The second kappa shape index (κ2) is 13.5. The van der Waals surface area contributed by atoms with Gasteiger partial charge in [0.15, 0.2) is 0 Å². The first kappa shape index (κ1) is 32.1. The second-order valence-corrected chi connectivity index (χ2v) is 11.3. The Hall–Kier alpha value is -5.87. The average molecular weight is 642 g/mol. The number of aromatic nitrogens is 3. The topological polar surface area (TPSA) is 41.6 Å². The van der Waals surface area contributed by atoms with Gasteiger partial charge in [0.25, 0.3) is 0 Å². The standard InChI is InChI=1S/C36H28B2F4N6/c1-45(2)28-17-10-25(11-18-28)9-15-27-16-23-32(43-27)35(36-44-31-7-5-6-8-33(31)48(36)38(41)42)34-24-22-30(47(34)37(39)40)21-14-26-12-19-29(20-13-26)46(3)4/h5-8,10-13,16-20,22-24H,1-4H3/b35-32-. The van der Waals surface area contributed by atoms with Crippen molar-refractivity contribution in [2.24, 2.45) is 4.99 Å². The molecule has 6 nitrogen and oxygen atoms in total. The summed E-state index contributed by atoms with van der Waals surface area (Å²) in [6, 6.07) is 24.3. The summed E-state index contributed by atoms with van der Waals surface area (Å²) in [6.07, 6.45) is 3.20. The van der Waals surface area contributed by atoms with Gasteiger partial charge in [-0.15, -0.1) is 0 Å². The minimum atomic E-state index is -3.05. The molecule has 12 heteroatoms. The molecule has 2 aromatic heterocycles. The summed E-state index contributed by atoms with van der Waals surface area (Å²) in [5.74, 6) is 11.6. The Morgan fingerprint density at radius 1 is 0.646 bits per heavy atom.